The van der Waals surface area contributed by atoms with Crippen molar-refractivity contribution in [2.45, 2.75) is 6.42 Å². The van der Waals surface area contributed by atoms with Crippen LogP contribution < -0.4 is 9.64 Å². The maximum absolute atomic E-state index is 12.3. The molecule has 2 aromatic rings. The number of halogens is 1. The summed E-state index contributed by atoms with van der Waals surface area (Å²) < 4.78 is 10.2. The fourth-order valence-corrected chi connectivity index (χ4v) is 3.00. The Hall–Kier alpha value is -2.86. The molecular weight excluding hydrogens is 370 g/mol. The highest BCUT2D eigenvalue weighted by molar-refractivity contribution is 6.30. The van der Waals surface area contributed by atoms with Crippen molar-refractivity contribution < 1.29 is 23.9 Å². The summed E-state index contributed by atoms with van der Waals surface area (Å²) in [5, 5.41) is 0.567. The van der Waals surface area contributed by atoms with E-state index in [1.165, 1.54) is 12.0 Å². The minimum Gasteiger partial charge on any atom is -0.497 e. The van der Waals surface area contributed by atoms with Crippen LogP contribution in [0.15, 0.2) is 48.5 Å². The molecule has 0 N–H and O–H groups in total. The van der Waals surface area contributed by atoms with E-state index in [-0.39, 0.29) is 31.3 Å². The Morgan fingerprint density at radius 1 is 1.19 bits per heavy atom. The van der Waals surface area contributed by atoms with E-state index in [0.29, 0.717) is 22.0 Å². The fourth-order valence-electron chi connectivity index (χ4n) is 2.87. The van der Waals surface area contributed by atoms with Crippen molar-refractivity contribution in [3.05, 3.63) is 59.1 Å². The van der Waals surface area contributed by atoms with Gasteiger partial charge in [-0.2, -0.15) is 0 Å². The first-order chi connectivity index (χ1) is 13.0. The largest absolute Gasteiger partial charge is 0.497 e. The third-order valence-electron chi connectivity index (χ3n) is 4.33. The Kier molecular flexibility index (Phi) is 5.76. The third-order valence-corrected chi connectivity index (χ3v) is 4.59. The summed E-state index contributed by atoms with van der Waals surface area (Å²) in [6, 6.07) is 13.4. The van der Waals surface area contributed by atoms with E-state index in [1.54, 1.807) is 48.5 Å². The van der Waals surface area contributed by atoms with Gasteiger partial charge in [0.15, 0.2) is 12.4 Å². The molecule has 27 heavy (non-hydrogen) atoms. The van der Waals surface area contributed by atoms with Gasteiger partial charge >= 0.3 is 5.97 Å². The summed E-state index contributed by atoms with van der Waals surface area (Å²) >= 11 is 5.86. The molecule has 140 valence electrons. The number of carbonyl (C=O) groups excluding carboxylic acids is 3. The Bertz CT molecular complexity index is 865. The van der Waals surface area contributed by atoms with Crippen LogP contribution in [0.1, 0.15) is 16.8 Å². The van der Waals surface area contributed by atoms with Gasteiger partial charge in [-0.05, 0) is 36.4 Å². The van der Waals surface area contributed by atoms with Crippen LogP contribution in [0, 0.1) is 5.92 Å². The van der Waals surface area contributed by atoms with Gasteiger partial charge in [0.05, 0.1) is 13.0 Å². The summed E-state index contributed by atoms with van der Waals surface area (Å²) in [6.07, 6.45) is 0.0504. The summed E-state index contributed by atoms with van der Waals surface area (Å²) in [5.41, 5.74) is 1.07. The van der Waals surface area contributed by atoms with Gasteiger partial charge < -0.3 is 14.4 Å². The second kappa shape index (κ2) is 8.22. The van der Waals surface area contributed by atoms with Crippen molar-refractivity contribution in [2.24, 2.45) is 5.92 Å². The Balaban J connectivity index is 1.57. The van der Waals surface area contributed by atoms with Gasteiger partial charge in [0.2, 0.25) is 5.91 Å². The zero-order valence-electron chi connectivity index (χ0n) is 14.7. The Morgan fingerprint density at radius 3 is 2.63 bits per heavy atom. The number of ether oxygens (including phenoxy) is 2. The highest BCUT2D eigenvalue weighted by Gasteiger charge is 2.36. The first-order valence-electron chi connectivity index (χ1n) is 8.37. The maximum Gasteiger partial charge on any atom is 0.311 e. The quantitative estimate of drug-likeness (QED) is 0.562. The molecule has 7 heteroatoms. The van der Waals surface area contributed by atoms with E-state index in [0.717, 1.165) is 0 Å². The van der Waals surface area contributed by atoms with Gasteiger partial charge in [-0.3, -0.25) is 14.4 Å². The summed E-state index contributed by atoms with van der Waals surface area (Å²) in [7, 11) is 1.51. The molecule has 1 atom stereocenters. The first kappa shape index (κ1) is 18.9. The summed E-state index contributed by atoms with van der Waals surface area (Å²) in [4.78, 5) is 38.2. The lowest BCUT2D eigenvalue weighted by molar-refractivity contribution is -0.147. The zero-order valence-corrected chi connectivity index (χ0v) is 15.4. The molecule has 0 radical (unpaired) electrons. The third kappa shape index (κ3) is 4.46. The zero-order chi connectivity index (χ0) is 19.4. The number of rotatable bonds is 6. The molecule has 0 bridgehead atoms. The molecule has 0 spiro atoms. The topological polar surface area (TPSA) is 72.9 Å². The maximum atomic E-state index is 12.3. The number of nitrogens with zero attached hydrogens (tertiary/aromatic N) is 1. The number of hydrogen-bond acceptors (Lipinski definition) is 5. The van der Waals surface area contributed by atoms with Crippen molar-refractivity contribution in [3.8, 4) is 5.75 Å². The van der Waals surface area contributed by atoms with Crippen molar-refractivity contribution in [1.82, 2.24) is 0 Å². The highest BCUT2D eigenvalue weighted by atomic mass is 35.5. The van der Waals surface area contributed by atoms with E-state index >= 15 is 0 Å². The average Bonchev–Trinajstić information content (AvgIpc) is 3.08. The molecule has 0 saturated carbocycles. The van der Waals surface area contributed by atoms with Crippen LogP contribution >= 0.6 is 11.6 Å². The first-order valence-corrected chi connectivity index (χ1v) is 8.75. The van der Waals surface area contributed by atoms with Crippen LogP contribution in [-0.2, 0) is 14.3 Å². The van der Waals surface area contributed by atoms with Crippen molar-refractivity contribution in [1.29, 1.82) is 0 Å². The Morgan fingerprint density at radius 2 is 1.93 bits per heavy atom. The van der Waals surface area contributed by atoms with Crippen LogP contribution in [0.25, 0.3) is 0 Å². The van der Waals surface area contributed by atoms with Crippen molar-refractivity contribution >= 4 is 34.9 Å². The molecule has 0 unspecified atom stereocenters. The van der Waals surface area contributed by atoms with Crippen LogP contribution in [0.3, 0.4) is 0 Å². The lowest BCUT2D eigenvalue weighted by Crippen LogP contribution is -2.27. The van der Waals surface area contributed by atoms with Crippen LogP contribution in [0.4, 0.5) is 5.69 Å². The summed E-state index contributed by atoms with van der Waals surface area (Å²) in [6.45, 7) is -0.162. The molecule has 6 nitrogen and oxygen atoms in total. The van der Waals surface area contributed by atoms with Gasteiger partial charge in [0.1, 0.15) is 5.75 Å². The number of benzene rings is 2. The molecule has 1 fully saturated rings. The van der Waals surface area contributed by atoms with E-state index in [4.69, 9.17) is 21.1 Å². The number of amides is 1. The Labute approximate surface area is 161 Å². The van der Waals surface area contributed by atoms with E-state index in [2.05, 4.69) is 0 Å². The fraction of sp³-hybridized carbons (Fsp3) is 0.250. The van der Waals surface area contributed by atoms with Crippen molar-refractivity contribution in [3.63, 3.8) is 0 Å². The predicted molar refractivity (Wildman–Crippen MR) is 100 cm³/mol. The van der Waals surface area contributed by atoms with Gasteiger partial charge in [0.25, 0.3) is 0 Å². The SMILES string of the molecule is COc1cccc(C(=O)COC(=O)[C@H]2CC(=O)N(c3ccc(Cl)cc3)C2)c1. The number of ketones is 1. The number of methoxy groups -OCH3 is 1. The smallest absolute Gasteiger partial charge is 0.311 e. The molecule has 1 amide bonds. The number of esters is 1. The van der Waals surface area contributed by atoms with Gasteiger partial charge in [-0.25, -0.2) is 0 Å². The molecule has 3 rings (SSSR count). The standard InChI is InChI=1S/C20H18ClNO5/c1-26-17-4-2-3-13(9-17)18(23)12-27-20(25)14-10-19(24)22(11-14)16-7-5-15(21)6-8-16/h2-9,14H,10-12H2,1H3/t14-/m0/s1. The van der Waals surface area contributed by atoms with Crippen molar-refractivity contribution in [2.75, 3.05) is 25.2 Å². The highest BCUT2D eigenvalue weighted by Crippen LogP contribution is 2.27. The number of hydrogen-bond donors (Lipinski definition) is 0. The molecule has 2 aromatic carbocycles. The van der Waals surface area contributed by atoms with Gasteiger partial charge in [0, 0.05) is 29.2 Å². The predicted octanol–water partition coefficient (Wildman–Crippen LogP) is 3.13. The lowest BCUT2D eigenvalue weighted by Gasteiger charge is -2.16. The second-order valence-electron chi connectivity index (χ2n) is 6.14. The van der Waals surface area contributed by atoms with Crippen LogP contribution in [0.5, 0.6) is 5.75 Å². The van der Waals surface area contributed by atoms with Crippen LogP contribution in [-0.4, -0.2) is 37.9 Å². The van der Waals surface area contributed by atoms with E-state index in [9.17, 15) is 14.4 Å². The molecule has 1 heterocycles. The number of anilines is 1. The molecule has 1 aliphatic heterocycles. The minimum atomic E-state index is -0.605. The average molecular weight is 388 g/mol. The number of Topliss-reactive ketones (excluding diaryl/α,β-unsaturated/α-hetero) is 1. The van der Waals surface area contributed by atoms with E-state index < -0.39 is 11.9 Å². The molecule has 1 aliphatic rings. The molecular formula is C20H18ClNO5. The monoisotopic (exact) mass is 387 g/mol. The molecule has 0 aliphatic carbocycles. The minimum absolute atomic E-state index is 0.0504. The molecule has 0 aromatic heterocycles. The van der Waals surface area contributed by atoms with E-state index in [1.807, 2.05) is 0 Å². The van der Waals surface area contributed by atoms with Gasteiger partial charge in [-0.1, -0.05) is 23.7 Å². The van der Waals surface area contributed by atoms with Gasteiger partial charge in [-0.15, -0.1) is 0 Å². The molecule has 1 saturated heterocycles. The lowest BCUT2D eigenvalue weighted by atomic mass is 10.1. The normalized spacial score (nSPS) is 16.3. The summed E-state index contributed by atoms with van der Waals surface area (Å²) in [5.74, 6) is -1.12. The second-order valence-corrected chi connectivity index (χ2v) is 6.58. The number of carbonyl (C=O) groups is 3. The van der Waals surface area contributed by atoms with Crippen LogP contribution in [0.2, 0.25) is 5.02 Å².